The third kappa shape index (κ3) is 8.60. The molecule has 12 nitrogen and oxygen atoms in total. The standard InChI is InChI=1S/C9H14N4O3.C6H9N3O2/c10-2-1-8(14)13-7(9(15)16)3-6-4-11-5-12-6;7-5(6(10)11)1-4-2-8-3-9-4/h4-5,7H,1-3,10H2,(H,11,12)(H,13,14)(H,15,16);2-3,5H,1,7H2,(H,8,9)(H,10,11). The van der Waals surface area contributed by atoms with E-state index in [1.165, 1.54) is 12.7 Å². The van der Waals surface area contributed by atoms with Crippen molar-refractivity contribution < 1.29 is 24.6 Å². The van der Waals surface area contributed by atoms with E-state index in [1.807, 2.05) is 0 Å². The zero-order valence-corrected chi connectivity index (χ0v) is 14.5. The number of amides is 1. The molecule has 0 aromatic carbocycles. The van der Waals surface area contributed by atoms with Crippen LogP contribution in [0.15, 0.2) is 25.0 Å². The van der Waals surface area contributed by atoms with Crippen LogP contribution in [0.1, 0.15) is 17.8 Å². The summed E-state index contributed by atoms with van der Waals surface area (Å²) in [4.78, 5) is 45.5. The predicted octanol–water partition coefficient (Wildman–Crippen LogP) is -1.77. The minimum atomic E-state index is -1.09. The second kappa shape index (κ2) is 11.4. The number of rotatable bonds is 9. The number of aliphatic carboxylic acids is 2. The molecule has 148 valence electrons. The van der Waals surface area contributed by atoms with Crippen LogP contribution in [-0.2, 0) is 27.2 Å². The summed E-state index contributed by atoms with van der Waals surface area (Å²) in [7, 11) is 0. The zero-order valence-electron chi connectivity index (χ0n) is 14.5. The second-order valence-corrected chi connectivity index (χ2v) is 5.47. The van der Waals surface area contributed by atoms with Crippen LogP contribution in [0.5, 0.6) is 0 Å². The van der Waals surface area contributed by atoms with Gasteiger partial charge in [0.1, 0.15) is 12.1 Å². The molecule has 0 fully saturated rings. The monoisotopic (exact) mass is 381 g/mol. The Hall–Kier alpha value is -3.25. The van der Waals surface area contributed by atoms with Crippen molar-refractivity contribution >= 4 is 17.8 Å². The summed E-state index contributed by atoms with van der Waals surface area (Å²) in [5.74, 6) is -2.47. The fraction of sp³-hybridized carbons (Fsp3) is 0.400. The van der Waals surface area contributed by atoms with Gasteiger partial charge in [-0.3, -0.25) is 9.59 Å². The van der Waals surface area contributed by atoms with Crippen LogP contribution in [0, 0.1) is 0 Å². The molecule has 0 saturated carbocycles. The molecule has 0 saturated heterocycles. The van der Waals surface area contributed by atoms with Crippen molar-refractivity contribution in [3.63, 3.8) is 0 Å². The largest absolute Gasteiger partial charge is 0.480 e. The van der Waals surface area contributed by atoms with Crippen molar-refractivity contribution in [3.8, 4) is 0 Å². The molecule has 2 aromatic heterocycles. The van der Waals surface area contributed by atoms with Gasteiger partial charge in [0.25, 0.3) is 0 Å². The molecule has 0 aliphatic rings. The maximum Gasteiger partial charge on any atom is 0.326 e. The van der Waals surface area contributed by atoms with Crippen LogP contribution in [0.25, 0.3) is 0 Å². The Labute approximate surface area is 154 Å². The minimum Gasteiger partial charge on any atom is -0.480 e. The number of hydrogen-bond donors (Lipinski definition) is 7. The molecule has 0 spiro atoms. The van der Waals surface area contributed by atoms with Crippen LogP contribution < -0.4 is 16.8 Å². The highest BCUT2D eigenvalue weighted by Gasteiger charge is 2.20. The van der Waals surface area contributed by atoms with Gasteiger partial charge in [-0.15, -0.1) is 0 Å². The van der Waals surface area contributed by atoms with Gasteiger partial charge in [0.05, 0.1) is 24.0 Å². The number of nitrogens with one attached hydrogen (secondary N) is 3. The number of nitrogens with two attached hydrogens (primary N) is 2. The lowest BCUT2D eigenvalue weighted by Crippen LogP contribution is -2.42. The van der Waals surface area contributed by atoms with Crippen molar-refractivity contribution in [1.82, 2.24) is 25.3 Å². The van der Waals surface area contributed by atoms with Crippen molar-refractivity contribution in [2.24, 2.45) is 11.5 Å². The number of H-pyrrole nitrogens is 2. The molecule has 0 aliphatic carbocycles. The molecule has 2 atom stereocenters. The average Bonchev–Trinajstić information content (AvgIpc) is 3.28. The molecule has 0 radical (unpaired) electrons. The number of carboxylic acids is 2. The molecule has 2 heterocycles. The number of nitrogens with zero attached hydrogens (tertiary/aromatic N) is 2. The molecule has 2 rings (SSSR count). The smallest absolute Gasteiger partial charge is 0.326 e. The molecule has 0 aliphatic heterocycles. The highest BCUT2D eigenvalue weighted by Crippen LogP contribution is 1.99. The van der Waals surface area contributed by atoms with Crippen LogP contribution >= 0.6 is 0 Å². The van der Waals surface area contributed by atoms with E-state index in [0.717, 1.165) is 0 Å². The SMILES string of the molecule is NC(Cc1c[nH]cn1)C(=O)O.NCCC(=O)NC(Cc1c[nH]cn1)C(=O)O. The van der Waals surface area contributed by atoms with E-state index in [4.69, 9.17) is 21.7 Å². The molecule has 12 heteroatoms. The first-order valence-corrected chi connectivity index (χ1v) is 7.99. The van der Waals surface area contributed by atoms with Gasteiger partial charge in [0, 0.05) is 38.2 Å². The third-order valence-corrected chi connectivity index (χ3v) is 3.27. The van der Waals surface area contributed by atoms with Crippen molar-refractivity contribution in [2.75, 3.05) is 6.54 Å². The molecule has 9 N–H and O–H groups in total. The Balaban J connectivity index is 0.000000289. The number of carbonyl (C=O) groups is 3. The van der Waals surface area contributed by atoms with Gasteiger partial charge in [-0.2, -0.15) is 0 Å². The summed E-state index contributed by atoms with van der Waals surface area (Å²) in [6.07, 6.45) is 6.69. The Morgan fingerprint density at radius 2 is 1.59 bits per heavy atom. The van der Waals surface area contributed by atoms with E-state index in [2.05, 4.69) is 25.3 Å². The summed E-state index contributed by atoms with van der Waals surface area (Å²) in [5, 5.41) is 19.7. The van der Waals surface area contributed by atoms with Crippen LogP contribution in [-0.4, -0.2) is 66.6 Å². The highest BCUT2D eigenvalue weighted by atomic mass is 16.4. The fourth-order valence-electron chi connectivity index (χ4n) is 1.92. The van der Waals surface area contributed by atoms with E-state index in [0.29, 0.717) is 11.4 Å². The molecular weight excluding hydrogens is 358 g/mol. The Morgan fingerprint density at radius 1 is 1.04 bits per heavy atom. The molecule has 1 amide bonds. The maximum atomic E-state index is 11.2. The van der Waals surface area contributed by atoms with E-state index in [-0.39, 0.29) is 31.7 Å². The fourth-order valence-corrected chi connectivity index (χ4v) is 1.92. The zero-order chi connectivity index (χ0) is 20.2. The first kappa shape index (κ1) is 21.8. The number of aromatic nitrogens is 4. The Bertz CT molecular complexity index is 702. The van der Waals surface area contributed by atoms with E-state index in [9.17, 15) is 14.4 Å². The number of hydrogen-bond acceptors (Lipinski definition) is 7. The molecule has 2 aromatic rings. The molecule has 27 heavy (non-hydrogen) atoms. The Kier molecular flexibility index (Phi) is 9.19. The van der Waals surface area contributed by atoms with Crippen LogP contribution in [0.3, 0.4) is 0 Å². The normalized spacial score (nSPS) is 12.4. The van der Waals surface area contributed by atoms with Gasteiger partial charge >= 0.3 is 11.9 Å². The number of carbonyl (C=O) groups excluding carboxylic acids is 1. The van der Waals surface area contributed by atoms with E-state index >= 15 is 0 Å². The summed E-state index contributed by atoms with van der Waals surface area (Å²) in [5.41, 5.74) is 11.7. The third-order valence-electron chi connectivity index (χ3n) is 3.27. The van der Waals surface area contributed by atoms with Crippen molar-refractivity contribution in [3.05, 3.63) is 36.4 Å². The molecule has 0 bridgehead atoms. The quantitative estimate of drug-likeness (QED) is 0.261. The lowest BCUT2D eigenvalue weighted by molar-refractivity contribution is -0.141. The van der Waals surface area contributed by atoms with E-state index < -0.39 is 24.0 Å². The van der Waals surface area contributed by atoms with Gasteiger partial charge < -0.3 is 37.0 Å². The topological polar surface area (TPSA) is 213 Å². The Morgan fingerprint density at radius 3 is 2.00 bits per heavy atom. The molecule has 2 unspecified atom stereocenters. The summed E-state index contributed by atoms with van der Waals surface area (Å²) in [6.45, 7) is 0.195. The molecular formula is C15H23N7O5. The van der Waals surface area contributed by atoms with E-state index in [1.54, 1.807) is 12.4 Å². The van der Waals surface area contributed by atoms with Gasteiger partial charge in [-0.1, -0.05) is 0 Å². The van der Waals surface area contributed by atoms with Gasteiger partial charge in [0.2, 0.25) is 5.91 Å². The van der Waals surface area contributed by atoms with Crippen LogP contribution in [0.4, 0.5) is 0 Å². The first-order valence-electron chi connectivity index (χ1n) is 7.99. The minimum absolute atomic E-state index is 0.115. The highest BCUT2D eigenvalue weighted by molar-refractivity contribution is 5.83. The number of aromatic amines is 2. The van der Waals surface area contributed by atoms with Gasteiger partial charge in [-0.25, -0.2) is 14.8 Å². The van der Waals surface area contributed by atoms with Crippen LogP contribution in [0.2, 0.25) is 0 Å². The summed E-state index contributed by atoms with van der Waals surface area (Å²) in [6, 6.07) is -1.83. The lowest BCUT2D eigenvalue weighted by Gasteiger charge is -2.12. The van der Waals surface area contributed by atoms with Crippen molar-refractivity contribution in [2.45, 2.75) is 31.3 Å². The summed E-state index contributed by atoms with van der Waals surface area (Å²) < 4.78 is 0. The number of imidazole rings is 2. The predicted molar refractivity (Wildman–Crippen MR) is 93.4 cm³/mol. The first-order chi connectivity index (χ1) is 12.8. The second-order valence-electron chi connectivity index (χ2n) is 5.47. The van der Waals surface area contributed by atoms with Gasteiger partial charge in [-0.05, 0) is 0 Å². The maximum absolute atomic E-state index is 11.2. The number of carboxylic acid groups (broad SMARTS) is 2. The van der Waals surface area contributed by atoms with Crippen molar-refractivity contribution in [1.29, 1.82) is 0 Å². The van der Waals surface area contributed by atoms with Gasteiger partial charge in [0.15, 0.2) is 0 Å². The lowest BCUT2D eigenvalue weighted by atomic mass is 10.1. The summed E-state index contributed by atoms with van der Waals surface area (Å²) >= 11 is 0. The average molecular weight is 381 g/mol.